The summed E-state index contributed by atoms with van der Waals surface area (Å²) in [5.41, 5.74) is 2.70. The third-order valence-electron chi connectivity index (χ3n) is 4.88. The Morgan fingerprint density at radius 2 is 1.43 bits per heavy atom. The van der Waals surface area contributed by atoms with Crippen LogP contribution >= 0.6 is 31.9 Å². The number of aromatic amines is 1. The Bertz CT molecular complexity index is 349. The number of imidazole rings is 1. The van der Waals surface area contributed by atoms with Gasteiger partial charge in [0.05, 0.1) is 12.0 Å². The van der Waals surface area contributed by atoms with Crippen molar-refractivity contribution in [2.45, 2.75) is 65.2 Å². The van der Waals surface area contributed by atoms with E-state index in [9.17, 15) is 0 Å². The average Bonchev–Trinajstić information content (AvgIpc) is 2.98. The van der Waals surface area contributed by atoms with Crippen LogP contribution in [-0.4, -0.2) is 20.6 Å². The van der Waals surface area contributed by atoms with Gasteiger partial charge in [-0.15, -0.1) is 0 Å². The SMILES string of the molecule is CCC(CBr)C(CC)c1nc[nH]c1C(CC)C(CC)CBr. The van der Waals surface area contributed by atoms with E-state index in [2.05, 4.69) is 64.5 Å². The van der Waals surface area contributed by atoms with Gasteiger partial charge in [0, 0.05) is 28.2 Å². The van der Waals surface area contributed by atoms with Crippen LogP contribution in [-0.2, 0) is 0 Å². The van der Waals surface area contributed by atoms with Crippen molar-refractivity contribution in [1.82, 2.24) is 9.97 Å². The number of aromatic nitrogens is 2. The second-order valence-corrected chi connectivity index (χ2v) is 7.17. The fourth-order valence-corrected chi connectivity index (χ4v) is 5.25. The molecule has 4 heteroatoms. The highest BCUT2D eigenvalue weighted by molar-refractivity contribution is 9.09. The van der Waals surface area contributed by atoms with Crippen molar-refractivity contribution in [3.63, 3.8) is 0 Å². The number of halogens is 2. The Labute approximate surface area is 147 Å². The van der Waals surface area contributed by atoms with Gasteiger partial charge in [0.1, 0.15) is 0 Å². The van der Waals surface area contributed by atoms with Crippen molar-refractivity contribution in [2.24, 2.45) is 11.8 Å². The Balaban J connectivity index is 3.13. The molecular weight excluding hydrogens is 392 g/mol. The Morgan fingerprint density at radius 1 is 0.905 bits per heavy atom. The van der Waals surface area contributed by atoms with E-state index in [0.29, 0.717) is 23.7 Å². The summed E-state index contributed by atoms with van der Waals surface area (Å²) in [6.45, 7) is 9.15. The Morgan fingerprint density at radius 3 is 1.86 bits per heavy atom. The van der Waals surface area contributed by atoms with Gasteiger partial charge in [-0.2, -0.15) is 0 Å². The van der Waals surface area contributed by atoms with Gasteiger partial charge in [-0.25, -0.2) is 4.98 Å². The van der Waals surface area contributed by atoms with E-state index in [1.165, 1.54) is 30.7 Å². The third-order valence-corrected chi connectivity index (χ3v) is 6.55. The van der Waals surface area contributed by atoms with Crippen LogP contribution < -0.4 is 0 Å². The van der Waals surface area contributed by atoms with Crippen molar-refractivity contribution in [2.75, 3.05) is 10.7 Å². The maximum absolute atomic E-state index is 4.73. The minimum absolute atomic E-state index is 0.553. The number of hydrogen-bond acceptors (Lipinski definition) is 1. The van der Waals surface area contributed by atoms with Gasteiger partial charge in [0.25, 0.3) is 0 Å². The molecule has 0 amide bonds. The molecule has 122 valence electrons. The van der Waals surface area contributed by atoms with Crippen molar-refractivity contribution in [3.05, 3.63) is 17.7 Å². The first-order valence-corrected chi connectivity index (χ1v) is 10.6. The molecule has 1 N–H and O–H groups in total. The molecule has 1 aromatic rings. The lowest BCUT2D eigenvalue weighted by molar-refractivity contribution is 0.406. The van der Waals surface area contributed by atoms with E-state index in [0.717, 1.165) is 17.1 Å². The zero-order valence-corrected chi connectivity index (χ0v) is 17.0. The van der Waals surface area contributed by atoms with E-state index in [1.807, 2.05) is 6.33 Å². The molecule has 1 aromatic heterocycles. The van der Waals surface area contributed by atoms with Crippen LogP contribution in [0.25, 0.3) is 0 Å². The van der Waals surface area contributed by atoms with E-state index >= 15 is 0 Å². The summed E-state index contributed by atoms with van der Waals surface area (Å²) in [4.78, 5) is 8.21. The summed E-state index contributed by atoms with van der Waals surface area (Å²) in [7, 11) is 0. The minimum atomic E-state index is 0.553. The van der Waals surface area contributed by atoms with Gasteiger partial charge < -0.3 is 4.98 Å². The van der Waals surface area contributed by atoms with Crippen LogP contribution in [0.4, 0.5) is 0 Å². The predicted octanol–water partition coefficient (Wildman–Crippen LogP) is 6.24. The number of rotatable bonds is 10. The molecule has 0 spiro atoms. The second kappa shape index (κ2) is 10.0. The van der Waals surface area contributed by atoms with E-state index < -0.39 is 0 Å². The van der Waals surface area contributed by atoms with Crippen molar-refractivity contribution >= 4 is 31.9 Å². The first kappa shape index (κ1) is 19.2. The quantitative estimate of drug-likeness (QED) is 0.445. The molecule has 0 aromatic carbocycles. The molecule has 4 unspecified atom stereocenters. The van der Waals surface area contributed by atoms with Crippen LogP contribution in [0.5, 0.6) is 0 Å². The number of hydrogen-bond donors (Lipinski definition) is 1. The number of alkyl halides is 2. The molecule has 21 heavy (non-hydrogen) atoms. The smallest absolute Gasteiger partial charge is 0.0925 e. The average molecular weight is 422 g/mol. The molecular formula is C17H30Br2N2. The van der Waals surface area contributed by atoms with Gasteiger partial charge >= 0.3 is 0 Å². The summed E-state index contributed by atoms with van der Waals surface area (Å²) < 4.78 is 0. The summed E-state index contributed by atoms with van der Waals surface area (Å²) in [6, 6.07) is 0. The molecule has 0 saturated heterocycles. The topological polar surface area (TPSA) is 28.7 Å². The fourth-order valence-electron chi connectivity index (χ4n) is 3.43. The molecule has 0 radical (unpaired) electrons. The first-order chi connectivity index (χ1) is 10.2. The van der Waals surface area contributed by atoms with Gasteiger partial charge in [-0.05, 0) is 24.7 Å². The standard InChI is InChI=1S/C17H30Br2N2/c1-5-12(9-18)14(7-3)16-17(21-11-20-16)15(8-4)13(6-2)10-19/h11-15H,5-10H2,1-4H3,(H,20,21). The normalized spacial score (nSPS) is 17.4. The van der Waals surface area contributed by atoms with Crippen molar-refractivity contribution < 1.29 is 0 Å². The molecule has 1 heterocycles. The maximum atomic E-state index is 4.73. The minimum Gasteiger partial charge on any atom is -0.348 e. The van der Waals surface area contributed by atoms with Crippen LogP contribution in [0.15, 0.2) is 6.33 Å². The lowest BCUT2D eigenvalue weighted by atomic mass is 9.80. The van der Waals surface area contributed by atoms with Gasteiger partial charge in [0.2, 0.25) is 0 Å². The highest BCUT2D eigenvalue weighted by Crippen LogP contribution is 2.38. The molecule has 1 rings (SSSR count). The van der Waals surface area contributed by atoms with Gasteiger partial charge in [-0.3, -0.25) is 0 Å². The second-order valence-electron chi connectivity index (χ2n) is 5.88. The van der Waals surface area contributed by atoms with Crippen LogP contribution in [0.3, 0.4) is 0 Å². The van der Waals surface area contributed by atoms with Crippen LogP contribution in [0.2, 0.25) is 0 Å². The summed E-state index contributed by atoms with van der Waals surface area (Å²) >= 11 is 7.39. The van der Waals surface area contributed by atoms with Crippen molar-refractivity contribution in [1.29, 1.82) is 0 Å². The number of H-pyrrole nitrogens is 1. The lowest BCUT2D eigenvalue weighted by Crippen LogP contribution is -2.20. The zero-order valence-electron chi connectivity index (χ0n) is 13.8. The molecule has 0 bridgehead atoms. The molecule has 0 saturated carbocycles. The molecule has 0 aliphatic rings. The Kier molecular flexibility index (Phi) is 9.19. The Hall–Kier alpha value is 0.170. The summed E-state index contributed by atoms with van der Waals surface area (Å²) in [5.74, 6) is 2.47. The van der Waals surface area contributed by atoms with E-state index in [4.69, 9.17) is 4.98 Å². The largest absolute Gasteiger partial charge is 0.348 e. The molecule has 2 nitrogen and oxygen atoms in total. The van der Waals surface area contributed by atoms with Crippen molar-refractivity contribution in [3.8, 4) is 0 Å². The highest BCUT2D eigenvalue weighted by Gasteiger charge is 2.29. The number of nitrogens with zero attached hydrogens (tertiary/aromatic N) is 1. The third kappa shape index (κ3) is 4.57. The summed E-state index contributed by atoms with van der Waals surface area (Å²) in [5, 5.41) is 2.12. The van der Waals surface area contributed by atoms with E-state index in [1.54, 1.807) is 0 Å². The first-order valence-electron chi connectivity index (χ1n) is 8.33. The monoisotopic (exact) mass is 420 g/mol. The summed E-state index contributed by atoms with van der Waals surface area (Å²) in [6.07, 6.45) is 6.62. The van der Waals surface area contributed by atoms with Gasteiger partial charge in [0.15, 0.2) is 0 Å². The lowest BCUT2D eigenvalue weighted by Gasteiger charge is -2.28. The fraction of sp³-hybridized carbons (Fsp3) is 0.824. The molecule has 0 aliphatic heterocycles. The van der Waals surface area contributed by atoms with Crippen LogP contribution in [0.1, 0.15) is 76.6 Å². The van der Waals surface area contributed by atoms with Gasteiger partial charge in [-0.1, -0.05) is 72.4 Å². The maximum Gasteiger partial charge on any atom is 0.0925 e. The number of nitrogens with one attached hydrogen (secondary N) is 1. The molecule has 4 atom stereocenters. The highest BCUT2D eigenvalue weighted by atomic mass is 79.9. The predicted molar refractivity (Wildman–Crippen MR) is 99.8 cm³/mol. The van der Waals surface area contributed by atoms with Crippen LogP contribution in [0, 0.1) is 11.8 Å². The molecule has 0 fully saturated rings. The van der Waals surface area contributed by atoms with E-state index in [-0.39, 0.29) is 0 Å². The molecule has 0 aliphatic carbocycles. The zero-order chi connectivity index (χ0) is 15.8.